The van der Waals surface area contributed by atoms with Crippen LogP contribution in [0.15, 0.2) is 23.0 Å². The average molecular weight is 436 g/mol. The van der Waals surface area contributed by atoms with E-state index >= 15 is 0 Å². The molecule has 4 rings (SSSR count). The minimum Gasteiger partial charge on any atom is -0.513 e. The fourth-order valence-electron chi connectivity index (χ4n) is 4.57. The van der Waals surface area contributed by atoms with Crippen LogP contribution >= 0.6 is 0 Å². The SMILES string of the molecule is CC(=O)OCC1=C2[C@@H](OC1=O)[C@H]1O[C@@]1(C)CC[C@H]1O[C@@]1(C)C[C@H]2OC(=O)C/C=C(\C)O. The number of allylic oxidation sites excluding steroid dienone is 1. The predicted molar refractivity (Wildman–Crippen MR) is 105 cm³/mol. The Morgan fingerprint density at radius 1 is 1.23 bits per heavy atom. The second-order valence-electron chi connectivity index (χ2n) is 9.08. The Morgan fingerprint density at radius 3 is 2.65 bits per heavy atom. The van der Waals surface area contributed by atoms with E-state index in [1.54, 1.807) is 0 Å². The molecule has 9 heteroatoms. The van der Waals surface area contributed by atoms with Gasteiger partial charge in [0.05, 0.1) is 35.1 Å². The van der Waals surface area contributed by atoms with Crippen LogP contribution in [0.5, 0.6) is 0 Å². The topological polar surface area (TPSA) is 124 Å². The summed E-state index contributed by atoms with van der Waals surface area (Å²) in [5.74, 6) is -1.70. The number of carbonyl (C=O) groups excluding carboxylic acids is 3. The Labute approximate surface area is 180 Å². The van der Waals surface area contributed by atoms with E-state index in [2.05, 4.69) is 0 Å². The molecule has 0 spiro atoms. The van der Waals surface area contributed by atoms with Crippen LogP contribution in [0.3, 0.4) is 0 Å². The minimum absolute atomic E-state index is 0.00190. The summed E-state index contributed by atoms with van der Waals surface area (Å²) in [6, 6.07) is 0. The molecule has 1 saturated carbocycles. The number of aliphatic hydroxyl groups excluding tert-OH is 1. The minimum atomic E-state index is -0.816. The third-order valence-corrected chi connectivity index (χ3v) is 6.48. The first-order valence-electron chi connectivity index (χ1n) is 10.5. The fourth-order valence-corrected chi connectivity index (χ4v) is 4.57. The van der Waals surface area contributed by atoms with Gasteiger partial charge in [0.2, 0.25) is 0 Å². The summed E-state index contributed by atoms with van der Waals surface area (Å²) < 4.78 is 28.4. The van der Waals surface area contributed by atoms with E-state index in [9.17, 15) is 19.5 Å². The van der Waals surface area contributed by atoms with Crippen LogP contribution in [0.1, 0.15) is 53.4 Å². The largest absolute Gasteiger partial charge is 0.513 e. The molecule has 3 aliphatic heterocycles. The molecule has 4 aliphatic rings. The van der Waals surface area contributed by atoms with E-state index in [-0.39, 0.29) is 36.6 Å². The quantitative estimate of drug-likeness (QED) is 0.298. The lowest BCUT2D eigenvalue weighted by Crippen LogP contribution is -2.36. The Bertz CT molecular complexity index is 870. The number of hydrogen-bond donors (Lipinski definition) is 1. The van der Waals surface area contributed by atoms with Crippen molar-refractivity contribution in [1.82, 2.24) is 0 Å². The van der Waals surface area contributed by atoms with Crippen molar-refractivity contribution in [3.63, 3.8) is 0 Å². The molecule has 0 amide bonds. The number of epoxide rings is 2. The summed E-state index contributed by atoms with van der Waals surface area (Å²) in [5.41, 5.74) is -0.342. The summed E-state index contributed by atoms with van der Waals surface area (Å²) in [4.78, 5) is 36.6. The van der Waals surface area contributed by atoms with Gasteiger partial charge in [0.25, 0.3) is 0 Å². The van der Waals surface area contributed by atoms with Gasteiger partial charge in [-0.3, -0.25) is 9.59 Å². The first kappa shape index (κ1) is 21.8. The number of carbonyl (C=O) groups is 3. The fraction of sp³-hybridized carbons (Fsp3) is 0.682. The molecule has 9 nitrogen and oxygen atoms in total. The predicted octanol–water partition coefficient (Wildman–Crippen LogP) is 2.03. The number of ether oxygens (including phenoxy) is 5. The van der Waals surface area contributed by atoms with Crippen molar-refractivity contribution < 1.29 is 43.2 Å². The van der Waals surface area contributed by atoms with Gasteiger partial charge in [-0.25, -0.2) is 4.79 Å². The van der Waals surface area contributed by atoms with Crippen LogP contribution in [-0.2, 0) is 38.1 Å². The summed E-state index contributed by atoms with van der Waals surface area (Å²) in [5, 5.41) is 9.36. The molecule has 6 atom stereocenters. The molecular weight excluding hydrogens is 408 g/mol. The average Bonchev–Trinajstić information content (AvgIpc) is 3.49. The van der Waals surface area contributed by atoms with Crippen molar-refractivity contribution in [2.24, 2.45) is 0 Å². The van der Waals surface area contributed by atoms with E-state index in [1.807, 2.05) is 13.8 Å². The van der Waals surface area contributed by atoms with E-state index in [0.717, 1.165) is 12.8 Å². The molecule has 1 N–H and O–H groups in total. The zero-order chi connectivity index (χ0) is 22.6. The summed E-state index contributed by atoms with van der Waals surface area (Å²) in [6.45, 7) is 6.36. The van der Waals surface area contributed by atoms with E-state index in [0.29, 0.717) is 12.0 Å². The van der Waals surface area contributed by atoms with Crippen LogP contribution in [0.2, 0.25) is 0 Å². The maximum Gasteiger partial charge on any atom is 0.338 e. The first-order chi connectivity index (χ1) is 14.5. The number of aliphatic hydroxyl groups is 1. The van der Waals surface area contributed by atoms with Crippen LogP contribution in [0.4, 0.5) is 0 Å². The molecule has 3 fully saturated rings. The first-order valence-corrected chi connectivity index (χ1v) is 10.5. The lowest BCUT2D eigenvalue weighted by Gasteiger charge is -2.26. The lowest BCUT2D eigenvalue weighted by molar-refractivity contribution is -0.148. The van der Waals surface area contributed by atoms with Crippen LogP contribution in [-0.4, -0.2) is 65.2 Å². The Kier molecular flexibility index (Phi) is 5.37. The highest BCUT2D eigenvalue weighted by Gasteiger charge is 2.65. The normalized spacial score (nSPS) is 39.0. The summed E-state index contributed by atoms with van der Waals surface area (Å²) >= 11 is 0. The van der Waals surface area contributed by atoms with Crippen molar-refractivity contribution >= 4 is 17.9 Å². The van der Waals surface area contributed by atoms with Gasteiger partial charge >= 0.3 is 17.9 Å². The Hall–Kier alpha value is -2.39. The van der Waals surface area contributed by atoms with E-state index < -0.39 is 41.3 Å². The zero-order valence-electron chi connectivity index (χ0n) is 18.1. The molecule has 0 aromatic carbocycles. The Balaban J connectivity index is 1.70. The molecule has 0 radical (unpaired) electrons. The highest BCUT2D eigenvalue weighted by Crippen LogP contribution is 2.54. The van der Waals surface area contributed by atoms with Crippen molar-refractivity contribution in [1.29, 1.82) is 0 Å². The van der Waals surface area contributed by atoms with Crippen molar-refractivity contribution in [2.45, 2.75) is 89.0 Å². The number of esters is 3. The van der Waals surface area contributed by atoms with Crippen molar-refractivity contribution in [3.05, 3.63) is 23.0 Å². The molecule has 0 unspecified atom stereocenters. The molecule has 2 saturated heterocycles. The van der Waals surface area contributed by atoms with Gasteiger partial charge in [0, 0.05) is 18.9 Å². The maximum absolute atomic E-state index is 12.7. The van der Waals surface area contributed by atoms with Gasteiger partial charge in [-0.2, -0.15) is 0 Å². The molecule has 0 aromatic rings. The molecular formula is C22H28O9. The molecule has 31 heavy (non-hydrogen) atoms. The highest BCUT2D eigenvalue weighted by atomic mass is 16.7. The number of fused-ring (bicyclic) bond motifs is 4. The summed E-state index contributed by atoms with van der Waals surface area (Å²) in [6.07, 6.45) is 1.19. The van der Waals surface area contributed by atoms with Crippen molar-refractivity contribution in [2.75, 3.05) is 6.61 Å². The molecule has 0 bridgehead atoms. The standard InChI is InChI=1S/C22H28O9/c1-11(23)5-6-16(25)28-14-9-22(4)15(30-22)7-8-21(3)19(31-21)18-17(14)13(20(26)29-18)10-27-12(2)24/h5,14-15,18-19,23H,6-10H2,1-4H3/b11-5+/t14-,15-,18-,19-,21+,22+/m1/s1. The third-order valence-electron chi connectivity index (χ3n) is 6.48. The number of hydrogen-bond acceptors (Lipinski definition) is 9. The molecule has 0 aromatic heterocycles. The van der Waals surface area contributed by atoms with E-state index in [1.165, 1.54) is 19.9 Å². The van der Waals surface area contributed by atoms with Crippen molar-refractivity contribution in [3.8, 4) is 0 Å². The van der Waals surface area contributed by atoms with Crippen LogP contribution < -0.4 is 0 Å². The van der Waals surface area contributed by atoms with Gasteiger partial charge in [-0.15, -0.1) is 0 Å². The second-order valence-corrected chi connectivity index (χ2v) is 9.08. The highest BCUT2D eigenvalue weighted by molar-refractivity contribution is 5.93. The van der Waals surface area contributed by atoms with Crippen LogP contribution in [0, 0.1) is 0 Å². The smallest absolute Gasteiger partial charge is 0.338 e. The van der Waals surface area contributed by atoms with Gasteiger partial charge in [-0.05, 0) is 39.7 Å². The van der Waals surface area contributed by atoms with Gasteiger partial charge in [0.15, 0.2) is 6.10 Å². The van der Waals surface area contributed by atoms with Crippen LogP contribution in [0.25, 0.3) is 0 Å². The summed E-state index contributed by atoms with van der Waals surface area (Å²) in [7, 11) is 0. The molecule has 170 valence electrons. The van der Waals surface area contributed by atoms with Gasteiger partial charge < -0.3 is 28.8 Å². The lowest BCUT2D eigenvalue weighted by atomic mass is 9.83. The third kappa shape index (κ3) is 4.34. The zero-order valence-corrected chi connectivity index (χ0v) is 18.1. The van der Waals surface area contributed by atoms with Gasteiger partial charge in [0.1, 0.15) is 18.8 Å². The van der Waals surface area contributed by atoms with E-state index in [4.69, 9.17) is 23.7 Å². The Morgan fingerprint density at radius 2 is 1.97 bits per heavy atom. The molecule has 1 aliphatic carbocycles. The monoisotopic (exact) mass is 436 g/mol. The molecule has 3 heterocycles. The van der Waals surface area contributed by atoms with Gasteiger partial charge in [-0.1, -0.05) is 0 Å². The number of rotatable bonds is 5. The maximum atomic E-state index is 12.7. The second kappa shape index (κ2) is 7.63.